The molecular weight excluding hydrogens is 349 g/mol. The Morgan fingerprint density at radius 2 is 1.52 bits per heavy atom. The number of rotatable bonds is 3. The summed E-state index contributed by atoms with van der Waals surface area (Å²) in [6, 6.07) is 19.0. The highest BCUT2D eigenvalue weighted by Gasteiger charge is 2.30. The van der Waals surface area contributed by atoms with Gasteiger partial charge in [0.2, 0.25) is 0 Å². The average molecular weight is 362 g/mol. The number of benzene rings is 3. The molecule has 0 saturated heterocycles. The van der Waals surface area contributed by atoms with Crippen LogP contribution in [0.1, 0.15) is 0 Å². The summed E-state index contributed by atoms with van der Waals surface area (Å²) in [4.78, 5) is 0. The van der Waals surface area contributed by atoms with Gasteiger partial charge < -0.3 is 15.4 Å². The molecule has 0 aliphatic rings. The number of hydrogen-bond acceptors (Lipinski definition) is 2. The largest absolute Gasteiger partial charge is 0.573 e. The Morgan fingerprint density at radius 1 is 0.840 bits per heavy atom. The third kappa shape index (κ3) is 4.60. The lowest BCUT2D eigenvalue weighted by Gasteiger charge is -2.13. The van der Waals surface area contributed by atoms with Crippen LogP contribution in [0, 0.1) is 0 Å². The maximum Gasteiger partial charge on any atom is 0.573 e. The molecule has 3 aromatic carbocycles. The second kappa shape index (κ2) is 6.98. The van der Waals surface area contributed by atoms with Gasteiger partial charge in [-0.2, -0.15) is 0 Å². The van der Waals surface area contributed by atoms with E-state index in [1.165, 1.54) is 24.3 Å². The number of hydrogen-bond donors (Lipinski definition) is 2. The first-order valence-electron chi connectivity index (χ1n) is 7.32. The monoisotopic (exact) mass is 362 g/mol. The number of fused-ring (bicyclic) bond motifs is 1. The molecule has 0 spiro atoms. The molecule has 0 heterocycles. The van der Waals surface area contributed by atoms with E-state index < -0.39 is 6.36 Å². The van der Waals surface area contributed by atoms with Gasteiger partial charge in [0, 0.05) is 16.8 Å². The maximum atomic E-state index is 12.2. The highest BCUT2D eigenvalue weighted by molar-refractivity contribution is 7.80. The van der Waals surface area contributed by atoms with Crippen LogP contribution in [0.3, 0.4) is 0 Å². The van der Waals surface area contributed by atoms with Gasteiger partial charge in [0.1, 0.15) is 5.75 Å². The normalized spacial score (nSPS) is 11.2. The molecule has 7 heteroatoms. The summed E-state index contributed by atoms with van der Waals surface area (Å²) >= 11 is 5.27. The molecule has 0 aliphatic heterocycles. The van der Waals surface area contributed by atoms with Crippen LogP contribution in [0.15, 0.2) is 66.7 Å². The van der Waals surface area contributed by atoms with Crippen molar-refractivity contribution in [2.75, 3.05) is 10.6 Å². The number of halogens is 3. The van der Waals surface area contributed by atoms with Crippen LogP contribution in [0.2, 0.25) is 0 Å². The minimum Gasteiger partial charge on any atom is -0.406 e. The van der Waals surface area contributed by atoms with E-state index in [-0.39, 0.29) is 5.75 Å². The molecule has 2 N–H and O–H groups in total. The van der Waals surface area contributed by atoms with Gasteiger partial charge in [0.15, 0.2) is 5.11 Å². The lowest BCUT2D eigenvalue weighted by molar-refractivity contribution is -0.274. The number of thiocarbonyl (C=S) groups is 1. The molecule has 0 aromatic heterocycles. The topological polar surface area (TPSA) is 33.3 Å². The van der Waals surface area contributed by atoms with Crippen LogP contribution in [-0.2, 0) is 0 Å². The van der Waals surface area contributed by atoms with Crippen molar-refractivity contribution in [3.05, 3.63) is 66.7 Å². The van der Waals surface area contributed by atoms with E-state index in [0.29, 0.717) is 10.8 Å². The van der Waals surface area contributed by atoms with Gasteiger partial charge in [-0.25, -0.2) is 0 Å². The molecule has 0 unspecified atom stereocenters. The van der Waals surface area contributed by atoms with Crippen molar-refractivity contribution in [3.8, 4) is 5.75 Å². The molecular formula is C18H13F3N2OS. The molecule has 3 nitrogen and oxygen atoms in total. The first kappa shape index (κ1) is 17.0. The predicted octanol–water partition coefficient (Wildman–Crippen LogP) is 5.55. The second-order valence-electron chi connectivity index (χ2n) is 5.18. The lowest BCUT2D eigenvalue weighted by Crippen LogP contribution is -2.19. The van der Waals surface area contributed by atoms with E-state index in [9.17, 15) is 13.2 Å². The van der Waals surface area contributed by atoms with E-state index in [0.717, 1.165) is 16.5 Å². The van der Waals surface area contributed by atoms with Crippen LogP contribution in [-0.4, -0.2) is 11.5 Å². The van der Waals surface area contributed by atoms with Gasteiger partial charge in [0.05, 0.1) is 0 Å². The molecule has 3 aromatic rings. The summed E-state index contributed by atoms with van der Waals surface area (Å²) < 4.78 is 40.3. The number of alkyl halides is 3. The number of anilines is 2. The summed E-state index contributed by atoms with van der Waals surface area (Å²) in [5.41, 5.74) is 1.39. The third-order valence-corrected chi connectivity index (χ3v) is 3.59. The fourth-order valence-electron chi connectivity index (χ4n) is 2.36. The molecule has 0 amide bonds. The van der Waals surface area contributed by atoms with Crippen LogP contribution >= 0.6 is 12.2 Å². The Balaban J connectivity index is 1.68. The molecule has 0 bridgehead atoms. The van der Waals surface area contributed by atoms with Gasteiger partial charge in [-0.05, 0) is 47.9 Å². The van der Waals surface area contributed by atoms with E-state index in [2.05, 4.69) is 15.4 Å². The van der Waals surface area contributed by atoms with Crippen LogP contribution in [0.4, 0.5) is 24.5 Å². The molecule has 0 radical (unpaired) electrons. The minimum atomic E-state index is -4.71. The SMILES string of the molecule is FC(F)(F)Oc1ccc(NC(=S)Nc2cccc3ccccc23)cc1. The summed E-state index contributed by atoms with van der Waals surface area (Å²) in [6.07, 6.45) is -4.71. The fourth-order valence-corrected chi connectivity index (χ4v) is 2.59. The Hall–Kier alpha value is -2.80. The van der Waals surface area contributed by atoms with Crippen molar-refractivity contribution in [3.63, 3.8) is 0 Å². The molecule has 128 valence electrons. The summed E-state index contributed by atoms with van der Waals surface area (Å²) in [7, 11) is 0. The average Bonchev–Trinajstić information content (AvgIpc) is 2.56. The van der Waals surface area contributed by atoms with Crippen molar-refractivity contribution in [2.45, 2.75) is 6.36 Å². The second-order valence-corrected chi connectivity index (χ2v) is 5.59. The van der Waals surface area contributed by atoms with E-state index >= 15 is 0 Å². The first-order chi connectivity index (χ1) is 11.9. The van der Waals surface area contributed by atoms with Gasteiger partial charge in [-0.3, -0.25) is 0 Å². The Kier molecular flexibility index (Phi) is 4.76. The van der Waals surface area contributed by atoms with Crippen molar-refractivity contribution in [1.29, 1.82) is 0 Å². The van der Waals surface area contributed by atoms with E-state index in [4.69, 9.17) is 12.2 Å². The smallest absolute Gasteiger partial charge is 0.406 e. The Labute approximate surface area is 147 Å². The Morgan fingerprint density at radius 3 is 2.24 bits per heavy atom. The van der Waals surface area contributed by atoms with Gasteiger partial charge in [-0.15, -0.1) is 13.2 Å². The summed E-state index contributed by atoms with van der Waals surface area (Å²) in [6.45, 7) is 0. The summed E-state index contributed by atoms with van der Waals surface area (Å²) in [5, 5.41) is 8.45. The predicted molar refractivity (Wildman–Crippen MR) is 96.9 cm³/mol. The number of ether oxygens (including phenoxy) is 1. The highest BCUT2D eigenvalue weighted by atomic mass is 32.1. The maximum absolute atomic E-state index is 12.2. The third-order valence-electron chi connectivity index (χ3n) is 3.38. The lowest BCUT2D eigenvalue weighted by atomic mass is 10.1. The summed E-state index contributed by atoms with van der Waals surface area (Å²) in [5.74, 6) is -0.286. The first-order valence-corrected chi connectivity index (χ1v) is 7.73. The Bertz CT molecular complexity index is 889. The molecule has 0 atom stereocenters. The van der Waals surface area contributed by atoms with Gasteiger partial charge >= 0.3 is 6.36 Å². The standard InChI is InChI=1S/C18H13F3N2OS/c19-18(20,21)24-14-10-8-13(9-11-14)22-17(25)23-16-7-3-5-12-4-1-2-6-15(12)16/h1-11H,(H2,22,23,25). The van der Waals surface area contributed by atoms with Crippen molar-refractivity contribution < 1.29 is 17.9 Å². The van der Waals surface area contributed by atoms with Crippen molar-refractivity contribution >= 4 is 39.5 Å². The highest BCUT2D eigenvalue weighted by Crippen LogP contribution is 2.25. The zero-order valence-corrected chi connectivity index (χ0v) is 13.6. The molecule has 0 aliphatic carbocycles. The fraction of sp³-hybridized carbons (Fsp3) is 0.0556. The zero-order valence-electron chi connectivity index (χ0n) is 12.8. The molecule has 3 rings (SSSR count). The molecule has 0 saturated carbocycles. The minimum absolute atomic E-state index is 0.286. The van der Waals surface area contributed by atoms with Crippen LogP contribution in [0.25, 0.3) is 10.8 Å². The molecule has 25 heavy (non-hydrogen) atoms. The van der Waals surface area contributed by atoms with Crippen LogP contribution in [0.5, 0.6) is 5.75 Å². The zero-order chi connectivity index (χ0) is 17.9. The van der Waals surface area contributed by atoms with Crippen molar-refractivity contribution in [2.24, 2.45) is 0 Å². The van der Waals surface area contributed by atoms with E-state index in [1.54, 1.807) is 0 Å². The number of nitrogens with one attached hydrogen (secondary N) is 2. The molecule has 0 fully saturated rings. The van der Waals surface area contributed by atoms with Gasteiger partial charge in [0.25, 0.3) is 0 Å². The van der Waals surface area contributed by atoms with Crippen molar-refractivity contribution in [1.82, 2.24) is 0 Å². The van der Waals surface area contributed by atoms with Crippen LogP contribution < -0.4 is 15.4 Å². The van der Waals surface area contributed by atoms with Gasteiger partial charge in [-0.1, -0.05) is 36.4 Å². The van der Waals surface area contributed by atoms with E-state index in [1.807, 2.05) is 42.5 Å². The quantitative estimate of drug-likeness (QED) is 0.599.